The molecule has 2 aromatic carbocycles. The first-order valence-corrected chi connectivity index (χ1v) is 8.58. The largest absolute Gasteiger partial charge is 0.396 e. The molecule has 4 aromatic rings. The maximum atomic E-state index is 8.96. The highest BCUT2D eigenvalue weighted by Gasteiger charge is 2.11. The van der Waals surface area contributed by atoms with Gasteiger partial charge < -0.3 is 10.4 Å². The minimum absolute atomic E-state index is 0.165. The summed E-state index contributed by atoms with van der Waals surface area (Å²) in [7, 11) is 0. The van der Waals surface area contributed by atoms with Gasteiger partial charge in [0.15, 0.2) is 11.6 Å². The molecule has 0 aliphatic heterocycles. The monoisotopic (exact) mass is 345 g/mol. The molecule has 0 unspecified atom stereocenters. The fourth-order valence-corrected chi connectivity index (χ4v) is 2.83. The predicted octanol–water partition coefficient (Wildman–Crippen LogP) is 3.69. The van der Waals surface area contributed by atoms with Gasteiger partial charge in [-0.3, -0.25) is 5.10 Å². The van der Waals surface area contributed by atoms with Gasteiger partial charge in [-0.25, -0.2) is 9.97 Å². The van der Waals surface area contributed by atoms with E-state index in [0.717, 1.165) is 34.4 Å². The van der Waals surface area contributed by atoms with Crippen LogP contribution in [0, 0.1) is 0 Å². The summed E-state index contributed by atoms with van der Waals surface area (Å²) in [4.78, 5) is 9.41. The highest BCUT2D eigenvalue weighted by Crippen LogP contribution is 2.26. The van der Waals surface area contributed by atoms with E-state index in [1.807, 2.05) is 60.7 Å². The third kappa shape index (κ3) is 3.41. The summed E-state index contributed by atoms with van der Waals surface area (Å²) in [6.07, 6.45) is 1.46. The molecule has 0 amide bonds. The van der Waals surface area contributed by atoms with Crippen LogP contribution in [-0.2, 0) is 6.42 Å². The van der Waals surface area contributed by atoms with Crippen LogP contribution in [0.3, 0.4) is 0 Å². The topological polar surface area (TPSA) is 86.7 Å². The normalized spacial score (nSPS) is 11.0. The lowest BCUT2D eigenvalue weighted by molar-refractivity contribution is 0.288. The SMILES string of the molecule is OCCCc1cc(Nc2nc(-c3ccccc3)nc3ccccc23)n[nH]1. The van der Waals surface area contributed by atoms with Crippen LogP contribution in [-0.4, -0.2) is 31.9 Å². The Balaban J connectivity index is 1.72. The van der Waals surface area contributed by atoms with E-state index in [1.165, 1.54) is 0 Å². The summed E-state index contributed by atoms with van der Waals surface area (Å²) in [5.41, 5.74) is 2.81. The first kappa shape index (κ1) is 16.2. The summed E-state index contributed by atoms with van der Waals surface area (Å²) in [6, 6.07) is 19.8. The van der Waals surface area contributed by atoms with E-state index in [2.05, 4.69) is 20.5 Å². The Morgan fingerprint density at radius 1 is 0.962 bits per heavy atom. The molecule has 0 spiro atoms. The Kier molecular flexibility index (Phi) is 4.57. The smallest absolute Gasteiger partial charge is 0.162 e. The number of para-hydroxylation sites is 1. The lowest BCUT2D eigenvalue weighted by Gasteiger charge is -2.09. The number of aryl methyl sites for hydroxylation is 1. The number of hydrogen-bond acceptors (Lipinski definition) is 5. The van der Waals surface area contributed by atoms with Crippen molar-refractivity contribution in [3.05, 3.63) is 66.4 Å². The zero-order valence-corrected chi connectivity index (χ0v) is 14.2. The zero-order chi connectivity index (χ0) is 17.8. The zero-order valence-electron chi connectivity index (χ0n) is 14.2. The number of aliphatic hydroxyl groups is 1. The highest BCUT2D eigenvalue weighted by atomic mass is 16.2. The number of fused-ring (bicyclic) bond motifs is 1. The minimum atomic E-state index is 0.165. The molecule has 0 atom stereocenters. The van der Waals surface area contributed by atoms with Crippen LogP contribution >= 0.6 is 0 Å². The van der Waals surface area contributed by atoms with Gasteiger partial charge in [-0.2, -0.15) is 5.10 Å². The quantitative estimate of drug-likeness (QED) is 0.496. The van der Waals surface area contributed by atoms with Crippen molar-refractivity contribution < 1.29 is 5.11 Å². The molecule has 6 nitrogen and oxygen atoms in total. The first-order chi connectivity index (χ1) is 12.8. The number of aromatic amines is 1. The lowest BCUT2D eigenvalue weighted by atomic mass is 10.2. The molecule has 0 radical (unpaired) electrons. The van der Waals surface area contributed by atoms with E-state index in [9.17, 15) is 0 Å². The van der Waals surface area contributed by atoms with Crippen molar-refractivity contribution in [1.29, 1.82) is 0 Å². The second kappa shape index (κ2) is 7.33. The summed E-state index contributed by atoms with van der Waals surface area (Å²) in [6.45, 7) is 0.165. The molecule has 0 aliphatic rings. The Hall–Kier alpha value is -3.25. The Bertz CT molecular complexity index is 1010. The Morgan fingerprint density at radius 3 is 2.62 bits per heavy atom. The average molecular weight is 345 g/mol. The van der Waals surface area contributed by atoms with E-state index < -0.39 is 0 Å². The molecule has 0 fully saturated rings. The van der Waals surface area contributed by atoms with Gasteiger partial charge in [0.25, 0.3) is 0 Å². The summed E-state index contributed by atoms with van der Waals surface area (Å²) >= 11 is 0. The molecule has 0 bridgehead atoms. The van der Waals surface area contributed by atoms with Crippen molar-refractivity contribution in [2.45, 2.75) is 12.8 Å². The summed E-state index contributed by atoms with van der Waals surface area (Å²) in [5.74, 6) is 2.08. The maximum Gasteiger partial charge on any atom is 0.162 e. The van der Waals surface area contributed by atoms with Crippen LogP contribution in [0.5, 0.6) is 0 Å². The summed E-state index contributed by atoms with van der Waals surface area (Å²) < 4.78 is 0. The van der Waals surface area contributed by atoms with Crippen molar-refractivity contribution >= 4 is 22.5 Å². The average Bonchev–Trinajstić information content (AvgIpc) is 3.14. The Morgan fingerprint density at radius 2 is 1.77 bits per heavy atom. The van der Waals surface area contributed by atoms with Crippen LogP contribution in [0.2, 0.25) is 0 Å². The number of rotatable bonds is 6. The number of aliphatic hydroxyl groups excluding tert-OH is 1. The van der Waals surface area contributed by atoms with Gasteiger partial charge in [-0.15, -0.1) is 0 Å². The van der Waals surface area contributed by atoms with E-state index >= 15 is 0 Å². The maximum absolute atomic E-state index is 8.96. The van der Waals surface area contributed by atoms with Crippen molar-refractivity contribution in [2.24, 2.45) is 0 Å². The number of aromatic nitrogens is 4. The van der Waals surface area contributed by atoms with E-state index in [1.54, 1.807) is 0 Å². The van der Waals surface area contributed by atoms with Gasteiger partial charge in [0.1, 0.15) is 5.82 Å². The molecule has 0 saturated carbocycles. The van der Waals surface area contributed by atoms with Gasteiger partial charge in [-0.1, -0.05) is 42.5 Å². The lowest BCUT2D eigenvalue weighted by Crippen LogP contribution is -1.99. The molecular formula is C20H19N5O. The fourth-order valence-electron chi connectivity index (χ4n) is 2.83. The van der Waals surface area contributed by atoms with Gasteiger partial charge >= 0.3 is 0 Å². The van der Waals surface area contributed by atoms with Crippen molar-refractivity contribution in [3.63, 3.8) is 0 Å². The van der Waals surface area contributed by atoms with Crippen molar-refractivity contribution in [2.75, 3.05) is 11.9 Å². The van der Waals surface area contributed by atoms with Crippen LogP contribution in [0.4, 0.5) is 11.6 Å². The molecule has 26 heavy (non-hydrogen) atoms. The third-order valence-corrected chi connectivity index (χ3v) is 4.12. The van der Waals surface area contributed by atoms with Gasteiger partial charge in [0.05, 0.1) is 5.52 Å². The predicted molar refractivity (Wildman–Crippen MR) is 102 cm³/mol. The van der Waals surface area contributed by atoms with Crippen molar-refractivity contribution in [3.8, 4) is 11.4 Å². The Labute approximate surface area is 151 Å². The minimum Gasteiger partial charge on any atom is -0.396 e. The molecule has 2 heterocycles. The van der Waals surface area contributed by atoms with E-state index in [-0.39, 0.29) is 6.61 Å². The fraction of sp³-hybridized carbons (Fsp3) is 0.150. The first-order valence-electron chi connectivity index (χ1n) is 8.58. The van der Waals surface area contributed by atoms with Crippen LogP contribution in [0.1, 0.15) is 12.1 Å². The highest BCUT2D eigenvalue weighted by molar-refractivity contribution is 5.91. The summed E-state index contributed by atoms with van der Waals surface area (Å²) in [5, 5.41) is 20.5. The molecule has 4 rings (SSSR count). The standard InChI is InChI=1S/C20H19N5O/c26-12-6-9-15-13-18(25-24-15)22-20-16-10-4-5-11-17(16)21-19(23-20)14-7-2-1-3-8-14/h1-5,7-8,10-11,13,26H,6,9,12H2,(H2,21,22,23,24,25). The van der Waals surface area contributed by atoms with Crippen LogP contribution in [0.15, 0.2) is 60.7 Å². The molecule has 6 heteroatoms. The number of anilines is 2. The molecule has 2 aromatic heterocycles. The van der Waals surface area contributed by atoms with Gasteiger partial charge in [0.2, 0.25) is 0 Å². The number of nitrogens with one attached hydrogen (secondary N) is 2. The molecule has 130 valence electrons. The van der Waals surface area contributed by atoms with Gasteiger partial charge in [0, 0.05) is 29.3 Å². The second-order valence-corrected chi connectivity index (χ2v) is 6.01. The number of hydrogen-bond donors (Lipinski definition) is 3. The second-order valence-electron chi connectivity index (χ2n) is 6.01. The van der Waals surface area contributed by atoms with Crippen LogP contribution < -0.4 is 5.32 Å². The van der Waals surface area contributed by atoms with Crippen molar-refractivity contribution in [1.82, 2.24) is 20.2 Å². The number of benzene rings is 2. The molecule has 3 N–H and O–H groups in total. The molecule has 0 aliphatic carbocycles. The van der Waals surface area contributed by atoms with E-state index in [4.69, 9.17) is 10.1 Å². The number of nitrogens with zero attached hydrogens (tertiary/aromatic N) is 3. The van der Waals surface area contributed by atoms with Crippen LogP contribution in [0.25, 0.3) is 22.3 Å². The van der Waals surface area contributed by atoms with E-state index in [0.29, 0.717) is 18.1 Å². The third-order valence-electron chi connectivity index (χ3n) is 4.12. The van der Waals surface area contributed by atoms with Gasteiger partial charge in [-0.05, 0) is 25.0 Å². The molecular weight excluding hydrogens is 326 g/mol. The number of H-pyrrole nitrogens is 1. The molecule has 0 saturated heterocycles.